The van der Waals surface area contributed by atoms with Crippen molar-refractivity contribution < 1.29 is 23.8 Å². The summed E-state index contributed by atoms with van der Waals surface area (Å²) < 4.78 is 16.4. The number of imide groups is 1. The van der Waals surface area contributed by atoms with Crippen molar-refractivity contribution in [3.63, 3.8) is 0 Å². The summed E-state index contributed by atoms with van der Waals surface area (Å²) in [6.07, 6.45) is 6.52. The molecule has 1 aromatic rings. The molecule has 2 fully saturated rings. The molecule has 2 aliphatic carbocycles. The van der Waals surface area contributed by atoms with Crippen molar-refractivity contribution in [2.45, 2.75) is 13.3 Å². The summed E-state index contributed by atoms with van der Waals surface area (Å²) in [6, 6.07) is 3.48. The molecular weight excluding hydrogens is 336 g/mol. The molecule has 134 valence electrons. The topological polar surface area (TPSA) is 77.4 Å². The van der Waals surface area contributed by atoms with Crippen molar-refractivity contribution in [2.24, 2.45) is 28.8 Å². The summed E-state index contributed by atoms with van der Waals surface area (Å²) >= 11 is 0. The van der Waals surface area contributed by atoms with Gasteiger partial charge in [-0.2, -0.15) is 10.1 Å². The summed E-state index contributed by atoms with van der Waals surface area (Å²) in [5.41, 5.74) is 0.634. The molecule has 26 heavy (non-hydrogen) atoms. The van der Waals surface area contributed by atoms with Crippen molar-refractivity contribution in [1.29, 1.82) is 0 Å². The van der Waals surface area contributed by atoms with Crippen LogP contribution < -0.4 is 14.2 Å². The number of amides is 2. The van der Waals surface area contributed by atoms with E-state index in [0.29, 0.717) is 29.4 Å². The van der Waals surface area contributed by atoms with Gasteiger partial charge >= 0.3 is 0 Å². The first-order chi connectivity index (χ1) is 12.7. The van der Waals surface area contributed by atoms with Crippen LogP contribution in [0.2, 0.25) is 0 Å². The highest BCUT2D eigenvalue weighted by atomic mass is 16.7. The summed E-state index contributed by atoms with van der Waals surface area (Å²) in [6.45, 7) is 2.51. The second-order valence-electron chi connectivity index (χ2n) is 6.91. The van der Waals surface area contributed by atoms with Crippen LogP contribution in [0.5, 0.6) is 17.2 Å². The molecule has 2 amide bonds. The first-order valence-corrected chi connectivity index (χ1v) is 8.84. The number of ether oxygens (including phenoxy) is 3. The molecule has 7 nitrogen and oxygen atoms in total. The Hall–Kier alpha value is -2.83. The van der Waals surface area contributed by atoms with Crippen LogP contribution in [0.25, 0.3) is 0 Å². The second-order valence-corrected chi connectivity index (χ2v) is 6.91. The SMILES string of the molecule is CCOc1cc2c(cc1C=NN1C(=O)[C@@H]3[C@H](C1=O)[C@H]1C=C[C@H]3C1)OCO2. The van der Waals surface area contributed by atoms with Crippen molar-refractivity contribution in [2.75, 3.05) is 13.4 Å². The summed E-state index contributed by atoms with van der Waals surface area (Å²) in [4.78, 5) is 25.4. The molecule has 0 unspecified atom stereocenters. The van der Waals surface area contributed by atoms with E-state index in [2.05, 4.69) is 17.3 Å². The number of allylic oxidation sites excluding steroid dienone is 2. The van der Waals surface area contributed by atoms with Crippen LogP contribution in [0.4, 0.5) is 0 Å². The lowest BCUT2D eigenvalue weighted by Crippen LogP contribution is -2.28. The predicted molar refractivity (Wildman–Crippen MR) is 90.9 cm³/mol. The van der Waals surface area contributed by atoms with Crippen molar-refractivity contribution >= 4 is 18.0 Å². The number of hydrazone groups is 1. The molecular formula is C19H18N2O5. The van der Waals surface area contributed by atoms with E-state index in [4.69, 9.17) is 14.2 Å². The summed E-state index contributed by atoms with van der Waals surface area (Å²) in [7, 11) is 0. The number of nitrogens with zero attached hydrogens (tertiary/aromatic N) is 2. The number of carbonyl (C=O) groups is 2. The fourth-order valence-corrected chi connectivity index (χ4v) is 4.44. The zero-order valence-corrected chi connectivity index (χ0v) is 14.3. The summed E-state index contributed by atoms with van der Waals surface area (Å²) in [5, 5.41) is 5.24. The Kier molecular flexibility index (Phi) is 3.32. The van der Waals surface area contributed by atoms with E-state index < -0.39 is 0 Å². The van der Waals surface area contributed by atoms with Gasteiger partial charge in [-0.1, -0.05) is 12.2 Å². The molecule has 0 spiro atoms. The van der Waals surface area contributed by atoms with Gasteiger partial charge in [-0.3, -0.25) is 9.59 Å². The van der Waals surface area contributed by atoms with E-state index in [1.54, 1.807) is 12.1 Å². The lowest BCUT2D eigenvalue weighted by Gasteiger charge is -2.13. The molecule has 2 heterocycles. The monoisotopic (exact) mass is 354 g/mol. The number of hydrogen-bond acceptors (Lipinski definition) is 6. The molecule has 0 N–H and O–H groups in total. The van der Waals surface area contributed by atoms with Crippen LogP contribution in [0.3, 0.4) is 0 Å². The van der Waals surface area contributed by atoms with Crippen molar-refractivity contribution in [3.8, 4) is 17.2 Å². The quantitative estimate of drug-likeness (QED) is 0.469. The maximum absolute atomic E-state index is 12.7. The molecule has 0 radical (unpaired) electrons. The Bertz CT molecular complexity index is 832. The molecule has 1 aromatic carbocycles. The Morgan fingerprint density at radius 2 is 1.81 bits per heavy atom. The minimum atomic E-state index is -0.252. The maximum atomic E-state index is 12.7. The highest BCUT2D eigenvalue weighted by molar-refractivity contribution is 6.07. The second kappa shape index (κ2) is 5.59. The first kappa shape index (κ1) is 15.4. The third-order valence-corrected chi connectivity index (χ3v) is 5.56. The van der Waals surface area contributed by atoms with Gasteiger partial charge < -0.3 is 14.2 Å². The van der Waals surface area contributed by atoms with Crippen LogP contribution >= 0.6 is 0 Å². The van der Waals surface area contributed by atoms with Gasteiger partial charge in [0, 0.05) is 11.6 Å². The van der Waals surface area contributed by atoms with Crippen LogP contribution in [-0.2, 0) is 9.59 Å². The highest BCUT2D eigenvalue weighted by Crippen LogP contribution is 2.52. The maximum Gasteiger partial charge on any atom is 0.254 e. The summed E-state index contributed by atoms with van der Waals surface area (Å²) in [5.74, 6) is 1.21. The number of rotatable bonds is 4. The molecule has 7 heteroatoms. The van der Waals surface area contributed by atoms with Crippen molar-refractivity contribution in [1.82, 2.24) is 5.01 Å². The number of hydrogen-bond donors (Lipinski definition) is 0. The lowest BCUT2D eigenvalue weighted by molar-refractivity contribution is -0.140. The molecule has 4 aliphatic rings. The third kappa shape index (κ3) is 2.09. The first-order valence-electron chi connectivity index (χ1n) is 8.84. The zero-order valence-electron chi connectivity index (χ0n) is 14.3. The Morgan fingerprint density at radius 1 is 1.15 bits per heavy atom. The van der Waals surface area contributed by atoms with Gasteiger partial charge in [0.2, 0.25) is 6.79 Å². The van der Waals surface area contributed by atoms with Gasteiger partial charge in [0.15, 0.2) is 11.5 Å². The van der Waals surface area contributed by atoms with Gasteiger partial charge in [0.25, 0.3) is 11.8 Å². The minimum absolute atomic E-state index is 0.156. The molecule has 0 aromatic heterocycles. The van der Waals surface area contributed by atoms with E-state index in [9.17, 15) is 9.59 Å². The number of benzene rings is 1. The van der Waals surface area contributed by atoms with Crippen molar-refractivity contribution in [3.05, 3.63) is 29.8 Å². The molecule has 2 aliphatic heterocycles. The van der Waals surface area contributed by atoms with E-state index in [0.717, 1.165) is 11.4 Å². The van der Waals surface area contributed by atoms with Gasteiger partial charge in [-0.25, -0.2) is 0 Å². The van der Waals surface area contributed by atoms with E-state index in [1.165, 1.54) is 6.21 Å². The lowest BCUT2D eigenvalue weighted by atomic mass is 9.85. The fourth-order valence-electron chi connectivity index (χ4n) is 4.44. The van der Waals surface area contributed by atoms with Gasteiger partial charge in [-0.05, 0) is 31.2 Å². The van der Waals surface area contributed by atoms with Gasteiger partial charge in [0.1, 0.15) is 5.75 Å². The highest BCUT2D eigenvalue weighted by Gasteiger charge is 2.59. The van der Waals surface area contributed by atoms with E-state index in [-0.39, 0.29) is 42.3 Å². The smallest absolute Gasteiger partial charge is 0.254 e. The fraction of sp³-hybridized carbons (Fsp3) is 0.421. The van der Waals surface area contributed by atoms with Crippen LogP contribution in [0, 0.1) is 23.7 Å². The predicted octanol–water partition coefficient (Wildman–Crippen LogP) is 1.95. The molecule has 1 saturated heterocycles. The third-order valence-electron chi connectivity index (χ3n) is 5.56. The minimum Gasteiger partial charge on any atom is -0.493 e. The van der Waals surface area contributed by atoms with Crippen LogP contribution in [0.1, 0.15) is 18.9 Å². The zero-order chi connectivity index (χ0) is 17.8. The molecule has 4 atom stereocenters. The van der Waals surface area contributed by atoms with E-state index in [1.807, 2.05) is 6.92 Å². The van der Waals surface area contributed by atoms with E-state index >= 15 is 0 Å². The number of carbonyl (C=O) groups excluding carboxylic acids is 2. The molecule has 5 rings (SSSR count). The average Bonchev–Trinajstić information content (AvgIpc) is 3.39. The standard InChI is InChI=1S/C19H18N2O5/c1-2-24-13-7-15-14(25-9-26-15)6-12(13)8-20-21-18(22)16-10-3-4-11(5-10)17(16)19(21)23/h3-4,6-8,10-11,16-17H,2,5,9H2,1H3/t10-,11-,16-,17+/m0/s1. The van der Waals surface area contributed by atoms with Crippen LogP contribution in [0.15, 0.2) is 29.4 Å². The number of fused-ring (bicyclic) bond motifs is 6. The van der Waals surface area contributed by atoms with Gasteiger partial charge in [0.05, 0.1) is 24.7 Å². The van der Waals surface area contributed by atoms with Gasteiger partial charge in [-0.15, -0.1) is 0 Å². The molecule has 2 bridgehead atoms. The normalized spacial score (nSPS) is 30.7. The molecule has 1 saturated carbocycles. The Morgan fingerprint density at radius 3 is 2.46 bits per heavy atom. The Labute approximate surface area is 150 Å². The average molecular weight is 354 g/mol. The largest absolute Gasteiger partial charge is 0.493 e. The van der Waals surface area contributed by atoms with Crippen LogP contribution in [-0.4, -0.2) is 36.4 Å². The Balaban J connectivity index is 1.44.